The molecule has 0 aliphatic carbocycles. The SMILES string of the molecule is CC1C(=O)CCN(C(C)Cc2ccccc2)C1C. The first-order valence-corrected chi connectivity index (χ1v) is 6.92. The summed E-state index contributed by atoms with van der Waals surface area (Å²) in [5.74, 6) is 0.600. The van der Waals surface area contributed by atoms with Gasteiger partial charge in [-0.05, 0) is 25.8 Å². The van der Waals surface area contributed by atoms with Crippen LogP contribution in [0.4, 0.5) is 0 Å². The molecule has 0 N–H and O–H groups in total. The number of piperidine rings is 1. The fraction of sp³-hybridized carbons (Fsp3) is 0.562. The van der Waals surface area contributed by atoms with Gasteiger partial charge in [-0.3, -0.25) is 9.69 Å². The lowest BCUT2D eigenvalue weighted by atomic mass is 9.89. The zero-order chi connectivity index (χ0) is 13.1. The highest BCUT2D eigenvalue weighted by molar-refractivity contribution is 5.82. The molecule has 1 aliphatic rings. The van der Waals surface area contributed by atoms with Crippen LogP contribution >= 0.6 is 0 Å². The molecule has 0 bridgehead atoms. The molecule has 2 nitrogen and oxygen atoms in total. The lowest BCUT2D eigenvalue weighted by Crippen LogP contribution is -2.51. The average molecular weight is 245 g/mol. The Bertz CT molecular complexity index is 401. The molecule has 2 heteroatoms. The number of ketones is 1. The molecule has 1 heterocycles. The van der Waals surface area contributed by atoms with Crippen LogP contribution in [0.1, 0.15) is 32.8 Å². The van der Waals surface area contributed by atoms with Gasteiger partial charge in [0.05, 0.1) is 0 Å². The molecule has 1 aromatic carbocycles. The van der Waals surface area contributed by atoms with Crippen molar-refractivity contribution in [3.63, 3.8) is 0 Å². The van der Waals surface area contributed by atoms with E-state index in [4.69, 9.17) is 0 Å². The molecule has 1 fully saturated rings. The van der Waals surface area contributed by atoms with E-state index in [1.54, 1.807) is 0 Å². The number of likely N-dealkylation sites (tertiary alicyclic amines) is 1. The van der Waals surface area contributed by atoms with Crippen LogP contribution in [0, 0.1) is 5.92 Å². The fourth-order valence-electron chi connectivity index (χ4n) is 2.92. The summed E-state index contributed by atoms with van der Waals surface area (Å²) in [6.07, 6.45) is 1.77. The molecule has 0 radical (unpaired) electrons. The second-order valence-corrected chi connectivity index (χ2v) is 5.52. The van der Waals surface area contributed by atoms with Crippen LogP contribution in [-0.2, 0) is 11.2 Å². The maximum atomic E-state index is 11.7. The summed E-state index contributed by atoms with van der Waals surface area (Å²) in [4.78, 5) is 14.2. The van der Waals surface area contributed by atoms with E-state index in [2.05, 4.69) is 56.0 Å². The highest BCUT2D eigenvalue weighted by Gasteiger charge is 2.32. The largest absolute Gasteiger partial charge is 0.299 e. The molecule has 0 saturated carbocycles. The number of nitrogens with zero attached hydrogens (tertiary/aromatic N) is 1. The summed E-state index contributed by atoms with van der Waals surface area (Å²) in [5, 5.41) is 0. The predicted octanol–water partition coefficient (Wildman–Crippen LogP) is 2.92. The van der Waals surface area contributed by atoms with Gasteiger partial charge in [0.2, 0.25) is 0 Å². The highest BCUT2D eigenvalue weighted by atomic mass is 16.1. The molecule has 0 aromatic heterocycles. The van der Waals surface area contributed by atoms with Gasteiger partial charge in [-0.25, -0.2) is 0 Å². The van der Waals surface area contributed by atoms with Gasteiger partial charge in [-0.2, -0.15) is 0 Å². The Kier molecular flexibility index (Phi) is 4.18. The van der Waals surface area contributed by atoms with Crippen LogP contribution in [-0.4, -0.2) is 29.3 Å². The smallest absolute Gasteiger partial charge is 0.138 e. The van der Waals surface area contributed by atoms with Crippen LogP contribution in [0.5, 0.6) is 0 Å². The third kappa shape index (κ3) is 2.81. The van der Waals surface area contributed by atoms with Crippen molar-refractivity contribution in [3.05, 3.63) is 35.9 Å². The van der Waals surface area contributed by atoms with Gasteiger partial charge >= 0.3 is 0 Å². The fourth-order valence-corrected chi connectivity index (χ4v) is 2.92. The van der Waals surface area contributed by atoms with Crippen LogP contribution in [0.2, 0.25) is 0 Å². The monoisotopic (exact) mass is 245 g/mol. The lowest BCUT2D eigenvalue weighted by molar-refractivity contribution is -0.128. The molecule has 3 unspecified atom stereocenters. The molecule has 1 saturated heterocycles. The number of hydrogen-bond donors (Lipinski definition) is 0. The first kappa shape index (κ1) is 13.3. The molecule has 18 heavy (non-hydrogen) atoms. The number of carbonyl (C=O) groups excluding carboxylic acids is 1. The molecular formula is C16H23NO. The minimum atomic E-state index is 0.178. The number of benzene rings is 1. The maximum absolute atomic E-state index is 11.7. The number of rotatable bonds is 3. The second kappa shape index (κ2) is 5.66. The van der Waals surface area contributed by atoms with Gasteiger partial charge in [-0.15, -0.1) is 0 Å². The Morgan fingerprint density at radius 1 is 1.28 bits per heavy atom. The third-order valence-electron chi connectivity index (χ3n) is 4.31. The van der Waals surface area contributed by atoms with Crippen molar-refractivity contribution in [2.24, 2.45) is 5.92 Å². The first-order chi connectivity index (χ1) is 8.59. The van der Waals surface area contributed by atoms with Crippen LogP contribution in [0.25, 0.3) is 0 Å². The Morgan fingerprint density at radius 3 is 2.61 bits per heavy atom. The van der Waals surface area contributed by atoms with E-state index in [-0.39, 0.29) is 5.92 Å². The third-order valence-corrected chi connectivity index (χ3v) is 4.31. The molecule has 3 atom stereocenters. The summed E-state index contributed by atoms with van der Waals surface area (Å²) in [6, 6.07) is 11.5. The number of Topliss-reactive ketones (excluding diaryl/α,β-unsaturated/α-hetero) is 1. The zero-order valence-electron chi connectivity index (χ0n) is 11.6. The van der Waals surface area contributed by atoms with Gasteiger partial charge in [-0.1, -0.05) is 37.3 Å². The minimum absolute atomic E-state index is 0.178. The maximum Gasteiger partial charge on any atom is 0.138 e. The topological polar surface area (TPSA) is 20.3 Å². The summed E-state index contributed by atoms with van der Waals surface area (Å²) in [7, 11) is 0. The Balaban J connectivity index is 2.01. The van der Waals surface area contributed by atoms with Gasteiger partial charge in [0, 0.05) is 31.0 Å². The molecular weight excluding hydrogens is 222 g/mol. The highest BCUT2D eigenvalue weighted by Crippen LogP contribution is 2.23. The zero-order valence-corrected chi connectivity index (χ0v) is 11.6. The normalized spacial score (nSPS) is 27.2. The number of carbonyl (C=O) groups is 1. The summed E-state index contributed by atoms with van der Waals surface area (Å²) < 4.78 is 0. The average Bonchev–Trinajstić information content (AvgIpc) is 2.37. The van der Waals surface area contributed by atoms with Crippen LogP contribution in [0.15, 0.2) is 30.3 Å². The quantitative estimate of drug-likeness (QED) is 0.816. The molecule has 0 amide bonds. The Hall–Kier alpha value is -1.15. The van der Waals surface area contributed by atoms with Crippen molar-refractivity contribution in [2.75, 3.05) is 6.54 Å². The van der Waals surface area contributed by atoms with Gasteiger partial charge in [0.25, 0.3) is 0 Å². The van der Waals surface area contributed by atoms with Gasteiger partial charge in [0.1, 0.15) is 5.78 Å². The van der Waals surface area contributed by atoms with Crippen LogP contribution < -0.4 is 0 Å². The molecule has 98 valence electrons. The standard InChI is InChI=1S/C16H23NO/c1-12(11-15-7-5-4-6-8-15)17-10-9-16(18)13(2)14(17)3/h4-8,12-14H,9-11H2,1-3H3. The number of hydrogen-bond acceptors (Lipinski definition) is 2. The van der Waals surface area contributed by atoms with Crippen molar-refractivity contribution in [3.8, 4) is 0 Å². The van der Waals surface area contributed by atoms with E-state index in [1.165, 1.54) is 5.56 Å². The molecule has 2 rings (SSSR count). The summed E-state index contributed by atoms with van der Waals surface area (Å²) in [6.45, 7) is 7.43. The van der Waals surface area contributed by atoms with Crippen molar-refractivity contribution >= 4 is 5.78 Å². The van der Waals surface area contributed by atoms with E-state index in [9.17, 15) is 4.79 Å². The predicted molar refractivity (Wildman–Crippen MR) is 74.6 cm³/mol. The van der Waals surface area contributed by atoms with Crippen molar-refractivity contribution < 1.29 is 4.79 Å². The Morgan fingerprint density at radius 2 is 1.94 bits per heavy atom. The second-order valence-electron chi connectivity index (χ2n) is 5.52. The van der Waals surface area contributed by atoms with Crippen molar-refractivity contribution in [1.29, 1.82) is 0 Å². The van der Waals surface area contributed by atoms with Crippen LogP contribution in [0.3, 0.4) is 0 Å². The van der Waals surface area contributed by atoms with Crippen molar-refractivity contribution in [1.82, 2.24) is 4.90 Å². The Labute approximate surface area is 110 Å². The van der Waals surface area contributed by atoms with Gasteiger partial charge in [0.15, 0.2) is 0 Å². The van der Waals surface area contributed by atoms with Crippen molar-refractivity contribution in [2.45, 2.75) is 45.7 Å². The van der Waals surface area contributed by atoms with Gasteiger partial charge < -0.3 is 0 Å². The molecule has 1 aromatic rings. The van der Waals surface area contributed by atoms with E-state index in [0.29, 0.717) is 24.3 Å². The lowest BCUT2D eigenvalue weighted by Gasteiger charge is -2.41. The molecule has 1 aliphatic heterocycles. The van der Waals surface area contributed by atoms with E-state index < -0.39 is 0 Å². The van der Waals surface area contributed by atoms with E-state index in [1.807, 2.05) is 0 Å². The summed E-state index contributed by atoms with van der Waals surface area (Å²) >= 11 is 0. The summed E-state index contributed by atoms with van der Waals surface area (Å²) in [5.41, 5.74) is 1.38. The minimum Gasteiger partial charge on any atom is -0.299 e. The van der Waals surface area contributed by atoms with E-state index in [0.717, 1.165) is 13.0 Å². The first-order valence-electron chi connectivity index (χ1n) is 6.92. The van der Waals surface area contributed by atoms with E-state index >= 15 is 0 Å². The molecule has 0 spiro atoms.